The Morgan fingerprint density at radius 1 is 1.14 bits per heavy atom. The lowest BCUT2D eigenvalue weighted by molar-refractivity contribution is 0.212. The third kappa shape index (κ3) is 4.03. The van der Waals surface area contributed by atoms with Gasteiger partial charge in [-0.1, -0.05) is 11.6 Å². The zero-order valence-corrected chi connectivity index (χ0v) is 15.9. The summed E-state index contributed by atoms with van der Waals surface area (Å²) in [5.74, 6) is -1.57. The second-order valence-electron chi connectivity index (χ2n) is 6.73. The minimum absolute atomic E-state index is 0.104. The van der Waals surface area contributed by atoms with E-state index in [1.807, 2.05) is 26.0 Å². The molecule has 1 aromatic heterocycles. The first kappa shape index (κ1) is 19.5. The maximum Gasteiger partial charge on any atom is 0.322 e. The van der Waals surface area contributed by atoms with Crippen molar-refractivity contribution in [3.63, 3.8) is 0 Å². The molecule has 3 rings (SSSR count). The number of rotatable bonds is 4. The number of aryl methyl sites for hydroxylation is 2. The average molecular weight is 385 g/mol. The first-order chi connectivity index (χ1) is 13.3. The summed E-state index contributed by atoms with van der Waals surface area (Å²) in [6.45, 7) is 6.17. The van der Waals surface area contributed by atoms with Crippen LogP contribution in [0.1, 0.15) is 23.6 Å². The number of aromatic amines is 1. The highest BCUT2D eigenvalue weighted by Gasteiger charge is 2.17. The Labute approximate surface area is 161 Å². The second kappa shape index (κ2) is 7.80. The normalized spacial score (nSPS) is 10.9. The van der Waals surface area contributed by atoms with Gasteiger partial charge in [0.25, 0.3) is 0 Å². The van der Waals surface area contributed by atoms with Crippen LogP contribution in [0.3, 0.4) is 0 Å². The molecule has 0 saturated heterocycles. The lowest BCUT2D eigenvalue weighted by atomic mass is 10.0. The number of benzene rings is 2. The zero-order valence-electron chi connectivity index (χ0n) is 15.9. The van der Waals surface area contributed by atoms with Crippen LogP contribution in [0.2, 0.25) is 0 Å². The van der Waals surface area contributed by atoms with Gasteiger partial charge < -0.3 is 15.2 Å². The number of hydrogen-bond acceptors (Lipinski definition) is 2. The molecule has 2 aromatic carbocycles. The van der Waals surface area contributed by atoms with Gasteiger partial charge >= 0.3 is 6.03 Å². The van der Waals surface area contributed by atoms with Crippen LogP contribution in [-0.4, -0.2) is 22.5 Å². The van der Waals surface area contributed by atoms with Gasteiger partial charge in [-0.15, -0.1) is 0 Å². The van der Waals surface area contributed by atoms with E-state index in [4.69, 9.17) is 0 Å². The fourth-order valence-electron chi connectivity index (χ4n) is 3.23. The molecule has 1 heterocycles. The summed E-state index contributed by atoms with van der Waals surface area (Å²) >= 11 is 0. The molecule has 0 bridgehead atoms. The van der Waals surface area contributed by atoms with E-state index < -0.39 is 17.7 Å². The van der Waals surface area contributed by atoms with Crippen molar-refractivity contribution in [3.8, 4) is 0 Å². The fourth-order valence-corrected chi connectivity index (χ4v) is 3.23. The number of aromatic nitrogens is 1. The summed E-state index contributed by atoms with van der Waals surface area (Å²) in [5.41, 5.74) is 3.05. The van der Waals surface area contributed by atoms with Crippen LogP contribution in [-0.2, 0) is 6.54 Å². The van der Waals surface area contributed by atoms with Crippen molar-refractivity contribution in [2.75, 3.05) is 11.9 Å². The Morgan fingerprint density at radius 2 is 1.89 bits per heavy atom. The predicted octanol–water partition coefficient (Wildman–Crippen LogP) is 4.48. The van der Waals surface area contributed by atoms with Crippen molar-refractivity contribution in [2.45, 2.75) is 27.3 Å². The number of nitrogens with zero attached hydrogens (tertiary/aromatic N) is 1. The van der Waals surface area contributed by atoms with Crippen LogP contribution in [0.4, 0.5) is 19.3 Å². The molecular weight excluding hydrogens is 364 g/mol. The van der Waals surface area contributed by atoms with Gasteiger partial charge in [0, 0.05) is 30.6 Å². The van der Waals surface area contributed by atoms with Gasteiger partial charge in [-0.05, 0) is 50.1 Å². The summed E-state index contributed by atoms with van der Waals surface area (Å²) < 4.78 is 26.9. The molecule has 5 nitrogen and oxygen atoms in total. The monoisotopic (exact) mass is 385 g/mol. The van der Waals surface area contributed by atoms with Crippen LogP contribution in [0.25, 0.3) is 10.9 Å². The molecule has 3 aromatic rings. The number of H-pyrrole nitrogens is 1. The van der Waals surface area contributed by atoms with Gasteiger partial charge in [-0.25, -0.2) is 13.6 Å². The molecule has 0 atom stereocenters. The highest BCUT2D eigenvalue weighted by Crippen LogP contribution is 2.22. The number of halogens is 2. The molecule has 0 aliphatic heterocycles. The Hall–Kier alpha value is -3.22. The van der Waals surface area contributed by atoms with Gasteiger partial charge in [-0.2, -0.15) is 0 Å². The highest BCUT2D eigenvalue weighted by molar-refractivity contribution is 5.90. The number of fused-ring (bicyclic) bond motifs is 1. The van der Waals surface area contributed by atoms with Crippen LogP contribution >= 0.6 is 0 Å². The van der Waals surface area contributed by atoms with E-state index in [1.165, 1.54) is 17.0 Å². The predicted molar refractivity (Wildman–Crippen MR) is 106 cm³/mol. The highest BCUT2D eigenvalue weighted by atomic mass is 19.1. The number of nitrogens with one attached hydrogen (secondary N) is 2. The minimum atomic E-state index is -0.850. The largest absolute Gasteiger partial charge is 0.322 e. The smallest absolute Gasteiger partial charge is 0.322 e. The zero-order chi connectivity index (χ0) is 20.4. The lowest BCUT2D eigenvalue weighted by Gasteiger charge is -2.22. The van der Waals surface area contributed by atoms with Crippen LogP contribution in [0.15, 0.2) is 41.2 Å². The molecule has 0 fully saturated rings. The fraction of sp³-hybridized carbons (Fsp3) is 0.238. The van der Waals surface area contributed by atoms with E-state index >= 15 is 0 Å². The number of urea groups is 1. The van der Waals surface area contributed by atoms with Crippen LogP contribution < -0.4 is 10.9 Å². The molecule has 2 amide bonds. The van der Waals surface area contributed by atoms with Gasteiger partial charge in [-0.3, -0.25) is 4.79 Å². The average Bonchev–Trinajstić information content (AvgIpc) is 2.62. The Morgan fingerprint density at radius 3 is 2.57 bits per heavy atom. The van der Waals surface area contributed by atoms with Crippen LogP contribution in [0, 0.1) is 25.5 Å². The standard InChI is InChI=1S/C21H21F2N3O2/c1-4-26(21(28)24-18-6-5-15(22)10-17(18)23)11-14-9-19(27)25-20-13(3)7-12(2)8-16(14)20/h5-10H,4,11H2,1-3H3,(H,24,28)(H,25,27). The van der Waals surface area contributed by atoms with E-state index in [-0.39, 0.29) is 17.8 Å². The molecule has 7 heteroatoms. The Bertz CT molecular complexity index is 1110. The van der Waals surface area contributed by atoms with Gasteiger partial charge in [0.15, 0.2) is 0 Å². The summed E-state index contributed by atoms with van der Waals surface area (Å²) in [4.78, 5) is 29.0. The van der Waals surface area contributed by atoms with E-state index in [1.54, 1.807) is 6.92 Å². The number of anilines is 1. The number of pyridine rings is 1. The maximum absolute atomic E-state index is 13.8. The molecule has 0 aliphatic rings. The van der Waals surface area contributed by atoms with Crippen molar-refractivity contribution in [1.29, 1.82) is 0 Å². The maximum atomic E-state index is 13.8. The molecule has 0 saturated carbocycles. The van der Waals surface area contributed by atoms with Crippen molar-refractivity contribution in [2.24, 2.45) is 0 Å². The molecule has 0 spiro atoms. The molecule has 146 valence electrons. The molecule has 2 N–H and O–H groups in total. The first-order valence-electron chi connectivity index (χ1n) is 8.92. The SMILES string of the molecule is CCN(Cc1cc(=O)[nH]c2c(C)cc(C)cc12)C(=O)Nc1ccc(F)cc1F. The van der Waals surface area contributed by atoms with Crippen LogP contribution in [0.5, 0.6) is 0 Å². The third-order valence-electron chi connectivity index (χ3n) is 4.58. The second-order valence-corrected chi connectivity index (χ2v) is 6.73. The molecule has 0 unspecified atom stereocenters. The third-order valence-corrected chi connectivity index (χ3v) is 4.58. The Kier molecular flexibility index (Phi) is 5.44. The topological polar surface area (TPSA) is 65.2 Å². The minimum Gasteiger partial charge on any atom is -0.322 e. The number of carbonyl (C=O) groups excluding carboxylic acids is 1. The van der Waals surface area contributed by atoms with Crippen molar-refractivity contribution in [1.82, 2.24) is 9.88 Å². The van der Waals surface area contributed by atoms with E-state index in [2.05, 4.69) is 10.3 Å². The number of carbonyl (C=O) groups is 1. The Balaban J connectivity index is 1.92. The summed E-state index contributed by atoms with van der Waals surface area (Å²) in [6, 6.07) is 7.82. The van der Waals surface area contributed by atoms with E-state index in [9.17, 15) is 18.4 Å². The first-order valence-corrected chi connectivity index (χ1v) is 8.92. The lowest BCUT2D eigenvalue weighted by Crippen LogP contribution is -2.35. The van der Waals surface area contributed by atoms with Crippen molar-refractivity contribution < 1.29 is 13.6 Å². The van der Waals surface area contributed by atoms with Crippen molar-refractivity contribution in [3.05, 3.63) is 75.1 Å². The molecular formula is C21H21F2N3O2. The van der Waals surface area contributed by atoms with Gasteiger partial charge in [0.1, 0.15) is 11.6 Å². The summed E-state index contributed by atoms with van der Waals surface area (Å²) in [6.07, 6.45) is 0. The molecule has 0 radical (unpaired) electrons. The molecule has 28 heavy (non-hydrogen) atoms. The number of hydrogen-bond donors (Lipinski definition) is 2. The summed E-state index contributed by atoms with van der Waals surface area (Å²) in [7, 11) is 0. The number of amides is 2. The quantitative estimate of drug-likeness (QED) is 0.696. The van der Waals surface area contributed by atoms with E-state index in [0.29, 0.717) is 18.2 Å². The van der Waals surface area contributed by atoms with Gasteiger partial charge in [0.2, 0.25) is 5.56 Å². The van der Waals surface area contributed by atoms with Crippen molar-refractivity contribution >= 4 is 22.6 Å². The van der Waals surface area contributed by atoms with E-state index in [0.717, 1.165) is 28.1 Å². The van der Waals surface area contributed by atoms with Gasteiger partial charge in [0.05, 0.1) is 11.2 Å². The molecule has 0 aliphatic carbocycles. The summed E-state index contributed by atoms with van der Waals surface area (Å²) in [5, 5.41) is 3.31.